The molecule has 2 nitrogen and oxygen atoms in total. The summed E-state index contributed by atoms with van der Waals surface area (Å²) in [7, 11) is 0. The third-order valence-corrected chi connectivity index (χ3v) is 1.27. The van der Waals surface area contributed by atoms with Crippen molar-refractivity contribution in [3.05, 3.63) is 29.6 Å². The van der Waals surface area contributed by atoms with E-state index in [0.29, 0.717) is 0 Å². The number of nitrogens with zero attached hydrogens (tertiary/aromatic N) is 1. The molecule has 1 N–H and O–H groups in total. The second kappa shape index (κ2) is 4.72. The Morgan fingerprint density at radius 2 is 1.73 bits per heavy atom. The zero-order valence-electron chi connectivity index (χ0n) is 7.63. The molecule has 1 aromatic rings. The Hall–Kier alpha value is -1.05. The third kappa shape index (κ3) is 3.03. The summed E-state index contributed by atoms with van der Waals surface area (Å²) >= 11 is 0. The lowest BCUT2D eigenvalue weighted by Gasteiger charge is -1.88. The molecule has 0 fully saturated rings. The van der Waals surface area contributed by atoms with Crippen molar-refractivity contribution in [1.82, 2.24) is 0 Å². The van der Waals surface area contributed by atoms with Crippen molar-refractivity contribution in [3.8, 4) is 0 Å². The molecule has 0 spiro atoms. The summed E-state index contributed by atoms with van der Waals surface area (Å²) in [4.78, 5) is 0. The second-order valence-electron chi connectivity index (χ2n) is 2.19. The van der Waals surface area contributed by atoms with Crippen molar-refractivity contribution >= 4 is 0 Å². The van der Waals surface area contributed by atoms with Gasteiger partial charge in [0.05, 0.1) is 0 Å². The predicted molar refractivity (Wildman–Crippen MR) is 44.6 cm³/mol. The smallest absolute Gasteiger partial charge is 0.231 e. The maximum Gasteiger partial charge on any atom is 0.231 e. The molecule has 0 bridgehead atoms. The zero-order chi connectivity index (χ0) is 8.85. The molecular weight excluding hydrogens is 138 g/mol. The van der Waals surface area contributed by atoms with Gasteiger partial charge in [0.2, 0.25) is 11.9 Å². The van der Waals surface area contributed by atoms with Gasteiger partial charge in [0, 0.05) is 23.3 Å². The van der Waals surface area contributed by atoms with Gasteiger partial charge in [0.25, 0.3) is 0 Å². The van der Waals surface area contributed by atoms with Crippen molar-refractivity contribution in [3.63, 3.8) is 0 Å². The van der Waals surface area contributed by atoms with E-state index in [0.717, 1.165) is 16.0 Å². The van der Waals surface area contributed by atoms with Gasteiger partial charge in [0.15, 0.2) is 0 Å². The molecule has 0 amide bonds. The van der Waals surface area contributed by atoms with Crippen LogP contribution in [0.1, 0.15) is 25.1 Å². The molecule has 0 unspecified atom stereocenters. The Morgan fingerprint density at radius 3 is 2.09 bits per heavy atom. The van der Waals surface area contributed by atoms with E-state index in [2.05, 4.69) is 0 Å². The fourth-order valence-electron chi connectivity index (χ4n) is 0.666. The molecule has 1 aromatic heterocycles. The summed E-state index contributed by atoms with van der Waals surface area (Å²) in [5, 5.41) is 9.02. The summed E-state index contributed by atoms with van der Waals surface area (Å²) in [5.74, 6) is 0. The van der Waals surface area contributed by atoms with Crippen LogP contribution in [0.15, 0.2) is 18.3 Å². The highest BCUT2D eigenvalue weighted by molar-refractivity contribution is 5.05. The topological polar surface area (TPSA) is 24.1 Å². The molecular formula is C9H16NO+. The van der Waals surface area contributed by atoms with Gasteiger partial charge in [-0.1, -0.05) is 13.8 Å². The van der Waals surface area contributed by atoms with Crippen LogP contribution in [0.5, 0.6) is 0 Å². The van der Waals surface area contributed by atoms with Gasteiger partial charge in [-0.25, -0.2) is 0 Å². The van der Waals surface area contributed by atoms with Crippen molar-refractivity contribution in [2.24, 2.45) is 0 Å². The minimum atomic E-state index is 0.848. The number of hydrogen-bond donors (Lipinski definition) is 1. The standard InChI is InChI=1S/C7H10NO.C2H6/c1-6-3-4-7(2)8(9)5-6;1-2/h3-5,9H,1-2H3;1-2H3/q+1;. The lowest BCUT2D eigenvalue weighted by Crippen LogP contribution is -2.33. The van der Waals surface area contributed by atoms with Crippen molar-refractivity contribution in [2.45, 2.75) is 27.7 Å². The van der Waals surface area contributed by atoms with Gasteiger partial charge in [-0.3, -0.25) is 5.21 Å². The fraction of sp³-hybridized carbons (Fsp3) is 0.444. The number of rotatable bonds is 0. The third-order valence-electron chi connectivity index (χ3n) is 1.27. The summed E-state index contributed by atoms with van der Waals surface area (Å²) in [6.45, 7) is 7.78. The molecule has 2 heteroatoms. The number of aromatic nitrogens is 1. The Balaban J connectivity index is 0.000000461. The first kappa shape index (κ1) is 9.95. The van der Waals surface area contributed by atoms with Crippen LogP contribution in [0.2, 0.25) is 0 Å². The highest BCUT2D eigenvalue weighted by Gasteiger charge is 2.00. The molecule has 62 valence electrons. The quantitative estimate of drug-likeness (QED) is 0.447. The van der Waals surface area contributed by atoms with Crippen LogP contribution in [0.25, 0.3) is 0 Å². The lowest BCUT2D eigenvalue weighted by atomic mass is 10.3. The Bertz CT molecular complexity index is 221. The van der Waals surface area contributed by atoms with E-state index in [1.807, 2.05) is 39.8 Å². The van der Waals surface area contributed by atoms with Crippen LogP contribution in [0.3, 0.4) is 0 Å². The summed E-state index contributed by atoms with van der Waals surface area (Å²) in [6.07, 6.45) is 1.68. The van der Waals surface area contributed by atoms with Crippen molar-refractivity contribution < 1.29 is 9.94 Å². The molecule has 0 aliphatic carbocycles. The molecule has 0 saturated heterocycles. The first-order valence-electron chi connectivity index (χ1n) is 3.88. The molecule has 11 heavy (non-hydrogen) atoms. The lowest BCUT2D eigenvalue weighted by molar-refractivity contribution is -0.909. The van der Waals surface area contributed by atoms with Gasteiger partial charge in [-0.05, 0) is 13.0 Å². The monoisotopic (exact) mass is 154 g/mol. The first-order chi connectivity index (χ1) is 5.20. The molecule has 1 rings (SSSR count). The average Bonchev–Trinajstić information content (AvgIpc) is 2.02. The van der Waals surface area contributed by atoms with Crippen LogP contribution in [-0.4, -0.2) is 5.21 Å². The van der Waals surface area contributed by atoms with Crippen LogP contribution < -0.4 is 4.73 Å². The molecule has 0 radical (unpaired) electrons. The maximum absolute atomic E-state index is 9.02. The summed E-state index contributed by atoms with van der Waals surface area (Å²) in [5.41, 5.74) is 1.91. The van der Waals surface area contributed by atoms with E-state index in [1.54, 1.807) is 6.20 Å². The van der Waals surface area contributed by atoms with E-state index in [1.165, 1.54) is 0 Å². The van der Waals surface area contributed by atoms with Crippen molar-refractivity contribution in [1.29, 1.82) is 0 Å². The van der Waals surface area contributed by atoms with E-state index < -0.39 is 0 Å². The molecule has 0 saturated carbocycles. The molecule has 1 heterocycles. The van der Waals surface area contributed by atoms with Crippen LogP contribution in [0, 0.1) is 13.8 Å². The first-order valence-corrected chi connectivity index (χ1v) is 3.88. The summed E-state index contributed by atoms with van der Waals surface area (Å²) < 4.78 is 1.12. The van der Waals surface area contributed by atoms with Gasteiger partial charge in [0.1, 0.15) is 0 Å². The zero-order valence-corrected chi connectivity index (χ0v) is 7.63. The SMILES string of the molecule is CC.Cc1ccc(C)[n+](O)c1. The minimum absolute atomic E-state index is 0.848. The average molecular weight is 154 g/mol. The van der Waals surface area contributed by atoms with Gasteiger partial charge < -0.3 is 0 Å². The Morgan fingerprint density at radius 1 is 1.18 bits per heavy atom. The summed E-state index contributed by atoms with van der Waals surface area (Å²) in [6, 6.07) is 3.83. The van der Waals surface area contributed by atoms with E-state index in [9.17, 15) is 0 Å². The van der Waals surface area contributed by atoms with Gasteiger partial charge >= 0.3 is 0 Å². The Labute approximate surface area is 68.1 Å². The molecule has 0 aliphatic rings. The molecule has 0 aliphatic heterocycles. The van der Waals surface area contributed by atoms with Gasteiger partial charge in [-0.2, -0.15) is 0 Å². The highest BCUT2D eigenvalue weighted by Crippen LogP contribution is 1.92. The van der Waals surface area contributed by atoms with Crippen LogP contribution in [0.4, 0.5) is 0 Å². The van der Waals surface area contributed by atoms with Crippen LogP contribution in [-0.2, 0) is 0 Å². The van der Waals surface area contributed by atoms with E-state index >= 15 is 0 Å². The van der Waals surface area contributed by atoms with E-state index in [4.69, 9.17) is 5.21 Å². The number of pyridine rings is 1. The molecule has 0 atom stereocenters. The fourth-order valence-corrected chi connectivity index (χ4v) is 0.666. The highest BCUT2D eigenvalue weighted by atomic mass is 16.5. The second-order valence-corrected chi connectivity index (χ2v) is 2.19. The predicted octanol–water partition coefficient (Wildman–Crippen LogP) is 1.85. The Kier molecular flexibility index (Phi) is 4.27. The van der Waals surface area contributed by atoms with E-state index in [-0.39, 0.29) is 0 Å². The largest absolute Gasteiger partial charge is 0.285 e. The number of hydrogen-bond acceptors (Lipinski definition) is 1. The molecule has 0 aromatic carbocycles. The maximum atomic E-state index is 9.02. The van der Waals surface area contributed by atoms with Crippen molar-refractivity contribution in [2.75, 3.05) is 0 Å². The normalized spacial score (nSPS) is 8.36. The number of aryl methyl sites for hydroxylation is 2. The van der Waals surface area contributed by atoms with Crippen LogP contribution >= 0.6 is 0 Å². The minimum Gasteiger partial charge on any atom is -0.285 e. The van der Waals surface area contributed by atoms with Gasteiger partial charge in [-0.15, -0.1) is 0 Å².